The van der Waals surface area contributed by atoms with Crippen molar-refractivity contribution in [3.8, 4) is 0 Å². The minimum Gasteiger partial charge on any atom is -0.294 e. The molecule has 0 atom stereocenters. The minimum atomic E-state index is 0.155. The molecule has 0 saturated carbocycles. The third-order valence-electron chi connectivity index (χ3n) is 3.09. The number of hydrogen-bond acceptors (Lipinski definition) is 2. The van der Waals surface area contributed by atoms with Crippen molar-refractivity contribution in [2.75, 3.05) is 0 Å². The zero-order chi connectivity index (χ0) is 13.8. The van der Waals surface area contributed by atoms with E-state index in [0.717, 1.165) is 33.5 Å². The van der Waals surface area contributed by atoms with E-state index in [-0.39, 0.29) is 5.78 Å². The molecule has 0 fully saturated rings. The second-order valence-electron chi connectivity index (χ2n) is 4.38. The Morgan fingerprint density at radius 3 is 2.68 bits per heavy atom. The van der Waals surface area contributed by atoms with Crippen LogP contribution in [0.3, 0.4) is 0 Å². The third kappa shape index (κ3) is 3.23. The Morgan fingerprint density at radius 1 is 1.32 bits per heavy atom. The normalized spacial score (nSPS) is 10.7. The van der Waals surface area contributed by atoms with Gasteiger partial charge in [-0.3, -0.25) is 9.48 Å². The molecule has 0 radical (unpaired) electrons. The van der Waals surface area contributed by atoms with Crippen molar-refractivity contribution >= 4 is 28.4 Å². The topological polar surface area (TPSA) is 34.9 Å². The highest BCUT2D eigenvalue weighted by molar-refractivity contribution is 14.1. The number of Topliss-reactive ketones (excluding diaryl/α,β-unsaturated/α-hetero) is 1. The summed E-state index contributed by atoms with van der Waals surface area (Å²) in [6.45, 7) is 4.93. The second kappa shape index (κ2) is 6.32. The van der Waals surface area contributed by atoms with Gasteiger partial charge < -0.3 is 0 Å². The number of hydrogen-bond donors (Lipinski definition) is 0. The van der Waals surface area contributed by atoms with Crippen LogP contribution in [0.25, 0.3) is 0 Å². The number of aromatic nitrogens is 2. The van der Waals surface area contributed by atoms with Gasteiger partial charge in [-0.05, 0) is 48.1 Å². The zero-order valence-corrected chi connectivity index (χ0v) is 13.3. The van der Waals surface area contributed by atoms with E-state index >= 15 is 0 Å². The van der Waals surface area contributed by atoms with Gasteiger partial charge >= 0.3 is 0 Å². The third-order valence-corrected chi connectivity index (χ3v) is 4.03. The summed E-state index contributed by atoms with van der Waals surface area (Å²) in [5, 5.41) is 4.48. The molecule has 0 amide bonds. The Bertz CT molecular complexity index is 590. The average Bonchev–Trinajstić information content (AvgIpc) is 2.81. The van der Waals surface area contributed by atoms with Crippen LogP contribution in [0.5, 0.6) is 0 Å². The van der Waals surface area contributed by atoms with Crippen molar-refractivity contribution in [3.05, 3.63) is 50.9 Å². The summed E-state index contributed by atoms with van der Waals surface area (Å²) < 4.78 is 2.93. The van der Waals surface area contributed by atoms with Crippen LogP contribution in [-0.4, -0.2) is 15.6 Å². The number of halogens is 1. The standard InChI is InChI=1S/C15H17IN2O/c1-3-11-9-12(18(4-2)17-11)10-15(19)13-7-5-6-8-14(13)16/h5-9H,3-4,10H2,1-2H3. The molecular formula is C15H17IN2O. The van der Waals surface area contributed by atoms with Gasteiger partial charge in [0.15, 0.2) is 5.78 Å². The van der Waals surface area contributed by atoms with E-state index in [1.807, 2.05) is 41.9 Å². The molecule has 4 heteroatoms. The average molecular weight is 368 g/mol. The summed E-state index contributed by atoms with van der Waals surface area (Å²) in [6, 6.07) is 9.74. The molecule has 1 heterocycles. The fourth-order valence-electron chi connectivity index (χ4n) is 2.05. The molecule has 0 N–H and O–H groups in total. The Kier molecular flexibility index (Phi) is 4.74. The number of rotatable bonds is 5. The molecule has 2 aromatic rings. The van der Waals surface area contributed by atoms with Gasteiger partial charge in [-0.25, -0.2) is 0 Å². The highest BCUT2D eigenvalue weighted by atomic mass is 127. The van der Waals surface area contributed by atoms with Crippen molar-refractivity contribution < 1.29 is 4.79 Å². The van der Waals surface area contributed by atoms with E-state index in [1.165, 1.54) is 0 Å². The predicted molar refractivity (Wildman–Crippen MR) is 84.5 cm³/mol. The number of ketones is 1. The van der Waals surface area contributed by atoms with Crippen molar-refractivity contribution in [1.29, 1.82) is 0 Å². The highest BCUT2D eigenvalue weighted by Crippen LogP contribution is 2.15. The van der Waals surface area contributed by atoms with E-state index in [4.69, 9.17) is 0 Å². The lowest BCUT2D eigenvalue weighted by atomic mass is 10.1. The van der Waals surface area contributed by atoms with Crippen LogP contribution >= 0.6 is 22.6 Å². The monoisotopic (exact) mass is 368 g/mol. The summed E-state index contributed by atoms with van der Waals surface area (Å²) in [7, 11) is 0. The smallest absolute Gasteiger partial charge is 0.169 e. The fourth-order valence-corrected chi connectivity index (χ4v) is 2.74. The lowest BCUT2D eigenvalue weighted by Gasteiger charge is -2.05. The van der Waals surface area contributed by atoms with Gasteiger partial charge in [-0.15, -0.1) is 0 Å². The van der Waals surface area contributed by atoms with E-state index in [9.17, 15) is 4.79 Å². The Hall–Kier alpha value is -1.17. The van der Waals surface area contributed by atoms with E-state index in [1.54, 1.807) is 0 Å². The van der Waals surface area contributed by atoms with Crippen molar-refractivity contribution in [2.45, 2.75) is 33.2 Å². The molecular weight excluding hydrogens is 351 g/mol. The maximum Gasteiger partial charge on any atom is 0.169 e. The highest BCUT2D eigenvalue weighted by Gasteiger charge is 2.14. The van der Waals surface area contributed by atoms with Crippen LogP contribution < -0.4 is 0 Å². The first-order valence-corrected chi connectivity index (χ1v) is 7.56. The molecule has 1 aromatic heterocycles. The van der Waals surface area contributed by atoms with Gasteiger partial charge in [-0.2, -0.15) is 5.10 Å². The molecule has 0 aliphatic rings. The summed E-state index contributed by atoms with van der Waals surface area (Å²) in [5.74, 6) is 0.155. The van der Waals surface area contributed by atoms with Crippen LogP contribution in [0.1, 0.15) is 35.6 Å². The maximum absolute atomic E-state index is 12.4. The summed E-state index contributed by atoms with van der Waals surface area (Å²) in [5.41, 5.74) is 2.85. The molecule has 100 valence electrons. The van der Waals surface area contributed by atoms with Gasteiger partial charge in [0.1, 0.15) is 0 Å². The van der Waals surface area contributed by atoms with Gasteiger partial charge in [0, 0.05) is 21.4 Å². The van der Waals surface area contributed by atoms with Gasteiger partial charge in [-0.1, -0.05) is 25.1 Å². The molecule has 2 rings (SSSR count). The molecule has 0 aliphatic carbocycles. The Labute approximate surface area is 127 Å². The molecule has 0 bridgehead atoms. The van der Waals surface area contributed by atoms with E-state index in [0.29, 0.717) is 6.42 Å². The first kappa shape index (κ1) is 14.2. The van der Waals surface area contributed by atoms with Crippen molar-refractivity contribution in [2.24, 2.45) is 0 Å². The first-order chi connectivity index (χ1) is 9.15. The van der Waals surface area contributed by atoms with Gasteiger partial charge in [0.25, 0.3) is 0 Å². The number of aryl methyl sites for hydroxylation is 2. The van der Waals surface area contributed by atoms with E-state index < -0.39 is 0 Å². The lowest BCUT2D eigenvalue weighted by Crippen LogP contribution is -2.10. The molecule has 0 aliphatic heterocycles. The van der Waals surface area contributed by atoms with Crippen LogP contribution in [-0.2, 0) is 19.4 Å². The van der Waals surface area contributed by atoms with Gasteiger partial charge in [0.2, 0.25) is 0 Å². The molecule has 0 spiro atoms. The van der Waals surface area contributed by atoms with Crippen molar-refractivity contribution in [3.63, 3.8) is 0 Å². The number of benzene rings is 1. The summed E-state index contributed by atoms with van der Waals surface area (Å²) in [6.07, 6.45) is 1.32. The van der Waals surface area contributed by atoms with Crippen LogP contribution in [0.15, 0.2) is 30.3 Å². The number of nitrogens with zero attached hydrogens (tertiary/aromatic N) is 2. The van der Waals surface area contributed by atoms with E-state index in [2.05, 4.69) is 34.6 Å². The predicted octanol–water partition coefficient (Wildman–Crippen LogP) is 3.50. The van der Waals surface area contributed by atoms with Crippen molar-refractivity contribution in [1.82, 2.24) is 9.78 Å². The fraction of sp³-hybridized carbons (Fsp3) is 0.333. The second-order valence-corrected chi connectivity index (χ2v) is 5.54. The van der Waals surface area contributed by atoms with Crippen LogP contribution in [0.4, 0.5) is 0 Å². The zero-order valence-electron chi connectivity index (χ0n) is 11.2. The maximum atomic E-state index is 12.4. The minimum absolute atomic E-state index is 0.155. The van der Waals surface area contributed by atoms with Crippen LogP contribution in [0, 0.1) is 3.57 Å². The quantitative estimate of drug-likeness (QED) is 0.598. The van der Waals surface area contributed by atoms with Crippen LogP contribution in [0.2, 0.25) is 0 Å². The molecule has 0 unspecified atom stereocenters. The Balaban J connectivity index is 2.24. The molecule has 1 aromatic carbocycles. The SMILES string of the molecule is CCc1cc(CC(=O)c2ccccc2I)n(CC)n1. The number of carbonyl (C=O) groups is 1. The molecule has 3 nitrogen and oxygen atoms in total. The summed E-state index contributed by atoms with van der Waals surface area (Å²) in [4.78, 5) is 12.4. The molecule has 0 saturated heterocycles. The largest absolute Gasteiger partial charge is 0.294 e. The molecule has 19 heavy (non-hydrogen) atoms. The number of carbonyl (C=O) groups excluding carboxylic acids is 1. The Morgan fingerprint density at radius 2 is 2.05 bits per heavy atom. The lowest BCUT2D eigenvalue weighted by molar-refractivity contribution is 0.0989. The first-order valence-electron chi connectivity index (χ1n) is 6.49. The van der Waals surface area contributed by atoms with Gasteiger partial charge in [0.05, 0.1) is 12.1 Å². The summed E-state index contributed by atoms with van der Waals surface area (Å²) >= 11 is 2.21.